The minimum absolute atomic E-state index is 0.0309. The van der Waals surface area contributed by atoms with Gasteiger partial charge in [-0.25, -0.2) is 13.2 Å². The van der Waals surface area contributed by atoms with Gasteiger partial charge in [0.2, 0.25) is 21.8 Å². The van der Waals surface area contributed by atoms with Crippen molar-refractivity contribution in [2.75, 3.05) is 29.9 Å². The fraction of sp³-hybridized carbons (Fsp3) is 0.318. The van der Waals surface area contributed by atoms with Gasteiger partial charge in [0.05, 0.1) is 21.8 Å². The number of para-hydroxylation sites is 2. The molecular weight excluding hydrogens is 448 g/mol. The van der Waals surface area contributed by atoms with Crippen LogP contribution in [0.3, 0.4) is 0 Å². The number of carbonyl (C=O) groups is 2. The second-order valence-corrected chi connectivity index (χ2v) is 9.99. The van der Waals surface area contributed by atoms with Crippen molar-refractivity contribution >= 4 is 44.3 Å². The van der Waals surface area contributed by atoms with E-state index >= 15 is 0 Å². The Balaban J connectivity index is 1.38. The first-order valence-electron chi connectivity index (χ1n) is 10.7. The van der Waals surface area contributed by atoms with Crippen molar-refractivity contribution in [2.24, 2.45) is 0 Å². The summed E-state index contributed by atoms with van der Waals surface area (Å²) in [6.45, 7) is 0.883. The van der Waals surface area contributed by atoms with Gasteiger partial charge in [0.1, 0.15) is 6.54 Å². The van der Waals surface area contributed by atoms with E-state index in [1.165, 1.54) is 32.0 Å². The largest absolute Gasteiger partial charge is 0.419 e. The minimum atomic E-state index is -3.64. The molecule has 2 aromatic carbocycles. The van der Waals surface area contributed by atoms with Crippen molar-refractivity contribution in [3.05, 3.63) is 53.0 Å². The number of sulfonamides is 1. The summed E-state index contributed by atoms with van der Waals surface area (Å²) in [5, 5.41) is 2.73. The third kappa shape index (κ3) is 3.83. The molecule has 5 rings (SSSR count). The number of hydrogen-bond donors (Lipinski definition) is 1. The summed E-state index contributed by atoms with van der Waals surface area (Å²) in [7, 11) is -3.64. The topological polar surface area (TPSA) is 122 Å². The highest BCUT2D eigenvalue weighted by Crippen LogP contribution is 2.29. The van der Waals surface area contributed by atoms with Gasteiger partial charge in [0.25, 0.3) is 0 Å². The van der Waals surface area contributed by atoms with Crippen LogP contribution in [0, 0.1) is 0 Å². The average Bonchev–Trinajstić information content (AvgIpc) is 3.44. The van der Waals surface area contributed by atoms with E-state index in [9.17, 15) is 22.8 Å². The van der Waals surface area contributed by atoms with Gasteiger partial charge in [-0.05, 0) is 37.1 Å². The molecule has 3 aromatic rings. The third-order valence-corrected chi connectivity index (χ3v) is 7.86. The molecule has 1 aromatic heterocycles. The zero-order valence-corrected chi connectivity index (χ0v) is 18.5. The lowest BCUT2D eigenvalue weighted by Crippen LogP contribution is -2.42. The fourth-order valence-electron chi connectivity index (χ4n) is 4.29. The van der Waals surface area contributed by atoms with E-state index in [0.29, 0.717) is 30.0 Å². The Morgan fingerprint density at radius 1 is 1.06 bits per heavy atom. The second-order valence-electron chi connectivity index (χ2n) is 8.06. The van der Waals surface area contributed by atoms with Crippen molar-refractivity contribution in [2.45, 2.75) is 30.7 Å². The molecule has 11 heteroatoms. The first kappa shape index (κ1) is 21.4. The molecule has 0 saturated carbocycles. The summed E-state index contributed by atoms with van der Waals surface area (Å²) in [5.74, 6) is -1.28. The van der Waals surface area contributed by atoms with Crippen molar-refractivity contribution in [1.29, 1.82) is 0 Å². The molecular formula is C22H22N4O6S. The van der Waals surface area contributed by atoms with Crippen LogP contribution < -0.4 is 16.0 Å². The maximum atomic E-state index is 12.9. The van der Waals surface area contributed by atoms with Gasteiger partial charge in [-0.15, -0.1) is 0 Å². The molecule has 10 nitrogen and oxygen atoms in total. The van der Waals surface area contributed by atoms with Crippen LogP contribution >= 0.6 is 0 Å². The number of nitrogens with one attached hydrogen (secondary N) is 1. The van der Waals surface area contributed by atoms with Gasteiger partial charge in [-0.2, -0.15) is 4.31 Å². The minimum Gasteiger partial charge on any atom is -0.408 e. The van der Waals surface area contributed by atoms with Gasteiger partial charge in [-0.3, -0.25) is 14.2 Å². The molecule has 172 valence electrons. The van der Waals surface area contributed by atoms with Crippen LogP contribution in [0.25, 0.3) is 11.1 Å². The molecule has 2 amide bonds. The zero-order chi connectivity index (χ0) is 23.2. The highest BCUT2D eigenvalue weighted by molar-refractivity contribution is 7.89. The Hall–Kier alpha value is -3.44. The lowest BCUT2D eigenvalue weighted by molar-refractivity contribution is -0.122. The quantitative estimate of drug-likeness (QED) is 0.606. The maximum absolute atomic E-state index is 12.9. The fourth-order valence-corrected chi connectivity index (χ4v) is 5.83. The first-order valence-corrected chi connectivity index (χ1v) is 12.1. The average molecular weight is 471 g/mol. The van der Waals surface area contributed by atoms with Crippen LogP contribution in [0.1, 0.15) is 19.3 Å². The second kappa shape index (κ2) is 8.16. The normalized spacial score (nSPS) is 16.7. The maximum Gasteiger partial charge on any atom is 0.419 e. The summed E-state index contributed by atoms with van der Waals surface area (Å²) in [6, 6.07) is 11.3. The highest BCUT2D eigenvalue weighted by Gasteiger charge is 2.29. The molecule has 1 saturated heterocycles. The van der Waals surface area contributed by atoms with Gasteiger partial charge < -0.3 is 14.6 Å². The number of fused-ring (bicyclic) bond motifs is 2. The SMILES string of the molecule is O=C1CN(C(=O)CCn2c(=O)oc3cc(S(=O)(=O)N4CCCC4)ccc32)c2ccccc2N1. The van der Waals surface area contributed by atoms with E-state index in [1.54, 1.807) is 24.3 Å². The smallest absolute Gasteiger partial charge is 0.408 e. The molecule has 0 radical (unpaired) electrons. The predicted octanol–water partition coefficient (Wildman–Crippen LogP) is 1.75. The summed E-state index contributed by atoms with van der Waals surface area (Å²) >= 11 is 0. The molecule has 0 atom stereocenters. The molecule has 1 N–H and O–H groups in total. The number of oxazole rings is 1. The Labute approximate surface area is 189 Å². The van der Waals surface area contributed by atoms with E-state index in [-0.39, 0.29) is 41.8 Å². The molecule has 1 fully saturated rings. The monoisotopic (exact) mass is 470 g/mol. The molecule has 0 spiro atoms. The van der Waals surface area contributed by atoms with Crippen molar-refractivity contribution in [3.8, 4) is 0 Å². The third-order valence-electron chi connectivity index (χ3n) is 5.96. The van der Waals surface area contributed by atoms with Crippen LogP contribution in [0.2, 0.25) is 0 Å². The number of nitrogens with zero attached hydrogens (tertiary/aromatic N) is 3. The number of rotatable bonds is 5. The van der Waals surface area contributed by atoms with Gasteiger partial charge in [-0.1, -0.05) is 12.1 Å². The number of aromatic nitrogens is 1. The molecule has 33 heavy (non-hydrogen) atoms. The lowest BCUT2D eigenvalue weighted by Gasteiger charge is -2.29. The van der Waals surface area contributed by atoms with Crippen LogP contribution in [0.4, 0.5) is 11.4 Å². The summed E-state index contributed by atoms with van der Waals surface area (Å²) in [6.07, 6.45) is 1.61. The van der Waals surface area contributed by atoms with Crippen LogP contribution in [-0.4, -0.2) is 48.7 Å². The number of aryl methyl sites for hydroxylation is 1. The summed E-state index contributed by atoms with van der Waals surface area (Å²) < 4.78 is 33.6. The van der Waals surface area contributed by atoms with Crippen LogP contribution in [0.5, 0.6) is 0 Å². The van der Waals surface area contributed by atoms with Gasteiger partial charge in [0, 0.05) is 32.1 Å². The number of amides is 2. The number of benzene rings is 2. The van der Waals surface area contributed by atoms with Crippen molar-refractivity contribution in [1.82, 2.24) is 8.87 Å². The van der Waals surface area contributed by atoms with E-state index < -0.39 is 15.8 Å². The zero-order valence-electron chi connectivity index (χ0n) is 17.7. The summed E-state index contributed by atoms with van der Waals surface area (Å²) in [4.78, 5) is 38.8. The highest BCUT2D eigenvalue weighted by atomic mass is 32.2. The molecule has 3 heterocycles. The Morgan fingerprint density at radius 2 is 1.82 bits per heavy atom. The van der Waals surface area contributed by atoms with E-state index in [0.717, 1.165) is 12.8 Å². The predicted molar refractivity (Wildman–Crippen MR) is 121 cm³/mol. The van der Waals surface area contributed by atoms with Crippen LogP contribution in [-0.2, 0) is 26.2 Å². The number of hydrogen-bond acceptors (Lipinski definition) is 6. The van der Waals surface area contributed by atoms with Gasteiger partial charge >= 0.3 is 5.76 Å². The van der Waals surface area contributed by atoms with E-state index in [2.05, 4.69) is 5.32 Å². The molecule has 0 unspecified atom stereocenters. The van der Waals surface area contributed by atoms with Crippen LogP contribution in [0.15, 0.2) is 56.6 Å². The number of carbonyl (C=O) groups excluding carboxylic acids is 2. The Kier molecular flexibility index (Phi) is 5.29. The molecule has 2 aliphatic heterocycles. The van der Waals surface area contributed by atoms with Crippen molar-refractivity contribution in [3.63, 3.8) is 0 Å². The lowest BCUT2D eigenvalue weighted by atomic mass is 10.2. The molecule has 0 aliphatic carbocycles. The first-order chi connectivity index (χ1) is 15.8. The number of anilines is 2. The Morgan fingerprint density at radius 3 is 2.61 bits per heavy atom. The molecule has 0 bridgehead atoms. The van der Waals surface area contributed by atoms with E-state index in [1.807, 2.05) is 0 Å². The standard InChI is InChI=1S/C22H22N4O6S/c27-20-14-26(17-6-2-1-5-16(17)23-20)21(28)9-12-25-18-8-7-15(13-19(18)32-22(25)29)33(30,31)24-10-3-4-11-24/h1-2,5-8,13H,3-4,9-12,14H2,(H,23,27). The molecule has 2 aliphatic rings. The van der Waals surface area contributed by atoms with E-state index in [4.69, 9.17) is 4.42 Å². The van der Waals surface area contributed by atoms with Crippen molar-refractivity contribution < 1.29 is 22.4 Å². The Bertz CT molecular complexity index is 1420. The van der Waals surface area contributed by atoms with Gasteiger partial charge in [0.15, 0.2) is 5.58 Å². The summed E-state index contributed by atoms with van der Waals surface area (Å²) in [5.41, 5.74) is 1.71.